The molecule has 2 aliphatic heterocycles. The molecule has 4 unspecified atom stereocenters. The lowest BCUT2D eigenvalue weighted by Crippen LogP contribution is -2.56. The molecule has 0 spiro atoms. The summed E-state index contributed by atoms with van der Waals surface area (Å²) in [6, 6.07) is 7.99. The Kier molecular flexibility index (Phi) is 86.3. The Morgan fingerprint density at radius 3 is 1.80 bits per heavy atom. The Balaban J connectivity index is -0.000000173. The smallest absolute Gasteiger partial charge is 0.243 e. The van der Waals surface area contributed by atoms with E-state index < -0.39 is 0 Å². The Hall–Kier alpha value is -4.98. The molecule has 1 aromatic carbocycles. The number of ketones is 1. The highest BCUT2D eigenvalue weighted by Gasteiger charge is 2.43. The molecule has 9 N–H and O–H groups in total. The van der Waals surface area contributed by atoms with Crippen molar-refractivity contribution in [2.75, 3.05) is 59.3 Å². The van der Waals surface area contributed by atoms with Crippen LogP contribution in [0, 0.1) is 31.1 Å². The van der Waals surface area contributed by atoms with Gasteiger partial charge in [-0.25, -0.2) is 15.2 Å². The van der Waals surface area contributed by atoms with E-state index in [0.29, 0.717) is 58.1 Å². The van der Waals surface area contributed by atoms with Gasteiger partial charge in [-0.1, -0.05) is 245 Å². The number of unbranched alkanes of at least 4 members (excludes halogenated alkanes) is 3. The maximum atomic E-state index is 13.4. The van der Waals surface area contributed by atoms with Gasteiger partial charge in [0.05, 0.1) is 32.6 Å². The number of thioether (sulfide) groups is 1. The topological polar surface area (TPSA) is 213 Å². The molecule has 3 heterocycles. The minimum atomic E-state index is -0.378. The number of nitrogens with one attached hydrogen (secondary N) is 5. The fourth-order valence-electron chi connectivity index (χ4n) is 8.15. The number of aryl methyl sites for hydroxylation is 1. The molecule has 0 radical (unpaired) electrons. The van der Waals surface area contributed by atoms with Crippen LogP contribution in [0.3, 0.4) is 0 Å². The largest absolute Gasteiger partial charge is 0.405 e. The lowest BCUT2D eigenvalue weighted by molar-refractivity contribution is -0.272. The molecule has 562 valence electrons. The lowest BCUT2D eigenvalue weighted by atomic mass is 9.78. The van der Waals surface area contributed by atoms with E-state index in [1.165, 1.54) is 83.5 Å². The number of ether oxygens (including phenoxy) is 3. The number of fused-ring (bicyclic) bond motifs is 1. The molecule has 18 heteroatoms. The minimum absolute atomic E-state index is 0.0521. The zero-order valence-corrected chi connectivity index (χ0v) is 68.3. The molecule has 3 aliphatic rings. The van der Waals surface area contributed by atoms with Gasteiger partial charge in [0.2, 0.25) is 11.8 Å². The highest BCUT2D eigenvalue weighted by molar-refractivity contribution is 8.10. The molecule has 96 heavy (non-hydrogen) atoms. The van der Waals surface area contributed by atoms with Gasteiger partial charge in [0, 0.05) is 66.7 Å². The number of carbonyl (C=O) groups is 3. The third-order valence-corrected chi connectivity index (χ3v) is 14.9. The maximum absolute atomic E-state index is 13.4. The second-order valence-electron chi connectivity index (χ2n) is 21.3. The number of nitrogens with zero attached hydrogens (tertiary/aromatic N) is 1. The summed E-state index contributed by atoms with van der Waals surface area (Å²) in [5.41, 5.74) is 25.2. The molecule has 0 saturated carbocycles. The van der Waals surface area contributed by atoms with Crippen LogP contribution in [-0.2, 0) is 44.9 Å². The summed E-state index contributed by atoms with van der Waals surface area (Å²) in [5, 5.41) is 13.0. The lowest BCUT2D eigenvalue weighted by Gasteiger charge is -2.34. The van der Waals surface area contributed by atoms with Gasteiger partial charge < -0.3 is 46.5 Å². The van der Waals surface area contributed by atoms with Crippen molar-refractivity contribution in [3.63, 3.8) is 0 Å². The van der Waals surface area contributed by atoms with Gasteiger partial charge in [0.25, 0.3) is 0 Å². The van der Waals surface area contributed by atoms with Crippen LogP contribution >= 0.6 is 23.1 Å². The predicted molar refractivity (Wildman–Crippen MR) is 425 cm³/mol. The normalized spacial score (nSPS) is 15.2. The van der Waals surface area contributed by atoms with E-state index in [1.54, 1.807) is 36.0 Å². The van der Waals surface area contributed by atoms with Gasteiger partial charge in [-0.15, -0.1) is 17.1 Å². The van der Waals surface area contributed by atoms with Crippen molar-refractivity contribution in [1.82, 2.24) is 26.4 Å². The number of methoxy groups -OCH3 is 1. The van der Waals surface area contributed by atoms with Crippen LogP contribution in [-0.4, -0.2) is 94.9 Å². The summed E-state index contributed by atoms with van der Waals surface area (Å²) in [7, 11) is 3.12. The number of hydrogen-bond donors (Lipinski definition) is 7. The van der Waals surface area contributed by atoms with Crippen molar-refractivity contribution in [3.05, 3.63) is 118 Å². The third kappa shape index (κ3) is 54.0. The fraction of sp³-hybridized carbons (Fsp3) is 0.667. The number of anilines is 1. The zero-order valence-electron chi connectivity index (χ0n) is 66.7. The first kappa shape index (κ1) is 107. The summed E-state index contributed by atoms with van der Waals surface area (Å²) < 4.78 is 15.1. The van der Waals surface area contributed by atoms with Crippen molar-refractivity contribution >= 4 is 56.3 Å². The van der Waals surface area contributed by atoms with Crippen molar-refractivity contribution in [2.45, 2.75) is 276 Å². The summed E-state index contributed by atoms with van der Waals surface area (Å²) in [6.45, 7) is 68.7. The molecule has 2 amide bonds. The van der Waals surface area contributed by atoms with Crippen molar-refractivity contribution in [2.24, 2.45) is 28.7 Å². The number of hydrogen-bond acceptors (Lipinski definition) is 16. The number of nitrogens with two attached hydrogens (primary N) is 2. The molecule has 0 bridgehead atoms. The van der Waals surface area contributed by atoms with E-state index in [9.17, 15) is 14.4 Å². The average Bonchev–Trinajstić information content (AvgIpc) is 1.59. The second-order valence-corrected chi connectivity index (χ2v) is 23.6. The molecule has 16 nitrogen and oxygen atoms in total. The Labute approximate surface area is 599 Å². The van der Waals surface area contributed by atoms with Crippen LogP contribution in [0.1, 0.15) is 264 Å². The van der Waals surface area contributed by atoms with Gasteiger partial charge in [0.1, 0.15) is 17.8 Å². The number of carbonyl (C=O) groups excluding carboxylic acids is 3. The average molecular weight is 1390 g/mol. The molecule has 1 saturated heterocycles. The maximum Gasteiger partial charge on any atom is 0.243 e. The van der Waals surface area contributed by atoms with Crippen LogP contribution in [0.25, 0.3) is 10.6 Å². The first-order valence-corrected chi connectivity index (χ1v) is 37.8. The molecule has 2 aromatic rings. The van der Waals surface area contributed by atoms with Gasteiger partial charge in [-0.05, 0) is 118 Å². The van der Waals surface area contributed by atoms with Gasteiger partial charge in [0.15, 0.2) is 12.1 Å². The second kappa shape index (κ2) is 77.4. The monoisotopic (exact) mass is 1390 g/mol. The number of benzene rings is 1. The van der Waals surface area contributed by atoms with Crippen molar-refractivity contribution in [1.29, 1.82) is 0 Å². The summed E-state index contributed by atoms with van der Waals surface area (Å²) in [6.07, 6.45) is 19.3. The third-order valence-electron chi connectivity index (χ3n) is 13.1. The zero-order chi connectivity index (χ0) is 75.9. The van der Waals surface area contributed by atoms with E-state index in [0.717, 1.165) is 66.9 Å². The molecule has 1 aromatic heterocycles. The van der Waals surface area contributed by atoms with Crippen molar-refractivity contribution < 1.29 is 38.4 Å². The standard InChI is InChI=1S/C26H38N2O2S.C17H24N4OS.C9H20O3.C4H10O2.C4H10.C3H7N.C3H5N.6C2H6/c1-8-19-15-23(28(17-19)25(30)22(9-2)26(5,6)7)24(29)27-16-20-11-13-21(14-12-20)18(4)31-10-3;1-9(2)20-21-17-18-15(12-5-7-13(22)8-6-12)14-10(3)11(4)23-16(14)19-17;1-3-4-5-6-11-7-8-12-9-10-2;1-3-4-6-5-2;1-3-4-2;2*1-2-3-4;6*1-2/h10-14,19,22-23H,3-4,8-9,15-17H2,1-2,5-7H3,(H,27,29);5,7,9,17-21H,6,8H2,1-4H3;3-9H2,1-2H3;3-4H2,1-2H3;3-4H2,1-2H3;2-3H,4H2,1H3;3H,1,4H2;6*1-2H3/b;15-12-;;;;3-2-;;;;;;;. The number of amides is 2. The van der Waals surface area contributed by atoms with Crippen LogP contribution < -0.4 is 38.3 Å². The van der Waals surface area contributed by atoms with Crippen molar-refractivity contribution in [3.8, 4) is 0 Å². The predicted octanol–water partition coefficient (Wildman–Crippen LogP) is 20.1. The summed E-state index contributed by atoms with van der Waals surface area (Å²) in [4.78, 5) is 50.8. The molecule has 1 fully saturated rings. The van der Waals surface area contributed by atoms with E-state index in [1.807, 2.05) is 132 Å². The Bertz CT molecular complexity index is 2240. The highest BCUT2D eigenvalue weighted by Crippen LogP contribution is 2.41. The molecule has 5 rings (SSSR count). The first-order chi connectivity index (χ1) is 46.1. The van der Waals surface area contributed by atoms with Crippen LogP contribution in [0.15, 0.2) is 91.3 Å². The van der Waals surface area contributed by atoms with Gasteiger partial charge in [-0.3, -0.25) is 19.8 Å². The summed E-state index contributed by atoms with van der Waals surface area (Å²) >= 11 is 3.28. The Morgan fingerprint density at radius 2 is 1.39 bits per heavy atom. The quantitative estimate of drug-likeness (QED) is 0.0162. The highest BCUT2D eigenvalue weighted by atomic mass is 32.2. The molecular formula is C78H150N8O8S2. The fourth-order valence-corrected chi connectivity index (χ4v) is 9.72. The van der Waals surface area contributed by atoms with Crippen LogP contribution in [0.5, 0.6) is 0 Å². The number of likely N-dealkylation sites (tertiary alicyclic amines) is 1. The molecule has 4 atom stereocenters. The van der Waals surface area contributed by atoms with E-state index in [-0.39, 0.29) is 41.3 Å². The van der Waals surface area contributed by atoms with Gasteiger partial charge >= 0.3 is 0 Å². The Morgan fingerprint density at radius 1 is 0.823 bits per heavy atom. The molecular weight excluding hydrogens is 1240 g/mol. The van der Waals surface area contributed by atoms with E-state index in [2.05, 4.69) is 145 Å². The van der Waals surface area contributed by atoms with Crippen LogP contribution in [0.2, 0.25) is 0 Å². The first-order valence-electron chi connectivity index (χ1n) is 36.1. The van der Waals surface area contributed by atoms with Crippen LogP contribution in [0.4, 0.5) is 5.00 Å². The van der Waals surface area contributed by atoms with Gasteiger partial charge in [-0.2, -0.15) is 0 Å². The number of allylic oxidation sites excluding steroid dienone is 4. The number of rotatable bonds is 25. The summed E-state index contributed by atoms with van der Waals surface area (Å²) in [5.74, 6) is 0.577. The number of hydrazine groups is 1. The minimum Gasteiger partial charge on any atom is -0.405 e. The van der Waals surface area contributed by atoms with E-state index >= 15 is 0 Å². The van der Waals surface area contributed by atoms with E-state index in [4.69, 9.17) is 25.7 Å². The number of thiophene rings is 1. The SMILES string of the molecule is C/C=C\N.C=C=CN.C=CSC(=C)c1ccc(CNC(=O)C2CC(CC)CN2C(=O)C(CC)C(C)(C)C)cc1.CC.CC.CC.CC.CC.CC.CCCC.CCCCCOCCOCOC.CCCOOC.Cc1sc2c(c1C)/C(=C1\C=CC(=O)CC1)NC(NNC(C)C)N2. The molecule has 1 aliphatic carbocycles.